The zero-order valence-corrected chi connectivity index (χ0v) is 22.4. The van der Waals surface area contributed by atoms with Crippen molar-refractivity contribution < 1.29 is 24.1 Å². The minimum atomic E-state index is -0.834. The number of hydrogen-bond acceptors (Lipinski definition) is 6. The van der Waals surface area contributed by atoms with Crippen molar-refractivity contribution >= 4 is 17.7 Å². The topological polar surface area (TPSA) is 77.9 Å². The molecule has 0 fully saturated rings. The monoisotopic (exact) mass is 519 g/mol. The Morgan fingerprint density at radius 3 is 2.76 bits per heavy atom. The number of aliphatic carboxylic acids is 1. The number of nitrogens with zero attached hydrogens (tertiary/aromatic N) is 1. The number of carboxylic acids is 1. The molecule has 2 heterocycles. The Hall–Kier alpha value is -3.19. The van der Waals surface area contributed by atoms with E-state index in [0.29, 0.717) is 18.2 Å². The molecule has 6 nitrogen and oxygen atoms in total. The number of fused-ring (bicyclic) bond motifs is 2. The van der Waals surface area contributed by atoms with E-state index in [-0.39, 0.29) is 18.4 Å². The molecule has 1 unspecified atom stereocenters. The Bertz CT molecular complexity index is 1280. The molecule has 0 saturated heterocycles. The standard InChI is InChI=1S/C30H33NO5S/c1-18-12-21(34-10-5-11-37-3)13-19(2)30(18)24-7-4-6-23-22(24)8-9-26(23)36-28-15-27-25(16-31-28)20(17-35-27)14-29(32)33/h4,6-7,12-13,15-16,20,26H,5,8-11,14,17H2,1-3H3,(H,32,33)/t20-,26?/m1/s1. The van der Waals surface area contributed by atoms with Crippen molar-refractivity contribution in [3.63, 3.8) is 0 Å². The SMILES string of the molecule is CSCCCOc1cc(C)c(-c2cccc3c2CCC3Oc2cc3c(cn2)[C@H](CC(=O)O)CO3)c(C)c1. The van der Waals surface area contributed by atoms with Crippen molar-refractivity contribution in [1.29, 1.82) is 0 Å². The minimum absolute atomic E-state index is 0.0393. The fourth-order valence-electron chi connectivity index (χ4n) is 5.53. The molecule has 0 amide bonds. The first-order valence-corrected chi connectivity index (χ1v) is 14.2. The number of thioether (sulfide) groups is 1. The number of ether oxygens (including phenoxy) is 3. The van der Waals surface area contributed by atoms with E-state index in [2.05, 4.69) is 55.4 Å². The largest absolute Gasteiger partial charge is 0.494 e. The molecule has 194 valence electrons. The first-order valence-electron chi connectivity index (χ1n) is 12.8. The van der Waals surface area contributed by atoms with Crippen LogP contribution in [-0.2, 0) is 11.2 Å². The van der Waals surface area contributed by atoms with Crippen LogP contribution in [0, 0.1) is 13.8 Å². The van der Waals surface area contributed by atoms with Gasteiger partial charge in [-0.3, -0.25) is 4.79 Å². The molecule has 3 aromatic rings. The van der Waals surface area contributed by atoms with Gasteiger partial charge in [0.25, 0.3) is 0 Å². The second-order valence-corrected chi connectivity index (χ2v) is 10.8. The summed E-state index contributed by atoms with van der Waals surface area (Å²) in [6.45, 7) is 5.42. The maximum absolute atomic E-state index is 11.1. The molecule has 2 aromatic carbocycles. The average molecular weight is 520 g/mol. The highest BCUT2D eigenvalue weighted by molar-refractivity contribution is 7.98. The summed E-state index contributed by atoms with van der Waals surface area (Å²) < 4.78 is 18.1. The van der Waals surface area contributed by atoms with E-state index in [9.17, 15) is 4.79 Å². The number of hydrogen-bond donors (Lipinski definition) is 1. The summed E-state index contributed by atoms with van der Waals surface area (Å²) >= 11 is 1.84. The lowest BCUT2D eigenvalue weighted by Gasteiger charge is -2.18. The van der Waals surface area contributed by atoms with Crippen molar-refractivity contribution in [2.45, 2.75) is 51.6 Å². The van der Waals surface area contributed by atoms with Gasteiger partial charge in [-0.15, -0.1) is 0 Å². The molecule has 1 aromatic heterocycles. The Balaban J connectivity index is 1.35. The third-order valence-electron chi connectivity index (χ3n) is 7.19. The van der Waals surface area contributed by atoms with Gasteiger partial charge in [0.05, 0.1) is 19.6 Å². The van der Waals surface area contributed by atoms with Crippen LogP contribution in [0.2, 0.25) is 0 Å². The highest BCUT2D eigenvalue weighted by Crippen LogP contribution is 2.43. The summed E-state index contributed by atoms with van der Waals surface area (Å²) in [6, 6.07) is 12.6. The van der Waals surface area contributed by atoms with Crippen molar-refractivity contribution in [2.24, 2.45) is 0 Å². The van der Waals surface area contributed by atoms with Crippen LogP contribution in [0.3, 0.4) is 0 Å². The molecule has 7 heteroatoms. The zero-order valence-electron chi connectivity index (χ0n) is 21.6. The van der Waals surface area contributed by atoms with Crippen molar-refractivity contribution in [2.75, 3.05) is 25.2 Å². The van der Waals surface area contributed by atoms with Gasteiger partial charge in [0.15, 0.2) is 0 Å². The van der Waals surface area contributed by atoms with E-state index in [0.717, 1.165) is 42.9 Å². The maximum atomic E-state index is 11.1. The van der Waals surface area contributed by atoms with Crippen LogP contribution in [0.4, 0.5) is 0 Å². The number of carboxylic acid groups (broad SMARTS) is 1. The lowest BCUT2D eigenvalue weighted by atomic mass is 9.90. The van der Waals surface area contributed by atoms with Crippen LogP contribution >= 0.6 is 11.8 Å². The van der Waals surface area contributed by atoms with Gasteiger partial charge >= 0.3 is 5.97 Å². The number of rotatable bonds is 10. The summed E-state index contributed by atoms with van der Waals surface area (Å²) in [7, 11) is 0. The molecule has 0 bridgehead atoms. The molecule has 2 atom stereocenters. The summed E-state index contributed by atoms with van der Waals surface area (Å²) in [4.78, 5) is 15.6. The third kappa shape index (κ3) is 5.42. The fourth-order valence-corrected chi connectivity index (χ4v) is 5.94. The van der Waals surface area contributed by atoms with Crippen LogP contribution in [0.15, 0.2) is 42.6 Å². The Labute approximate surface area is 222 Å². The van der Waals surface area contributed by atoms with Crippen LogP contribution in [-0.4, -0.2) is 41.3 Å². The molecule has 1 aliphatic heterocycles. The quantitative estimate of drug-likeness (QED) is 0.306. The molecule has 1 aliphatic carbocycles. The molecule has 1 N–H and O–H groups in total. The van der Waals surface area contributed by atoms with Crippen LogP contribution in [0.25, 0.3) is 11.1 Å². The highest BCUT2D eigenvalue weighted by Gasteiger charge is 2.30. The van der Waals surface area contributed by atoms with Gasteiger partial charge in [-0.25, -0.2) is 4.98 Å². The molecule has 2 aliphatic rings. The number of benzene rings is 2. The van der Waals surface area contributed by atoms with Crippen molar-refractivity contribution in [3.8, 4) is 28.5 Å². The van der Waals surface area contributed by atoms with E-state index in [1.807, 2.05) is 11.8 Å². The van der Waals surface area contributed by atoms with Gasteiger partial charge in [0.1, 0.15) is 17.6 Å². The van der Waals surface area contributed by atoms with Crippen LogP contribution in [0.1, 0.15) is 59.1 Å². The smallest absolute Gasteiger partial charge is 0.304 e. The molecule has 5 rings (SSSR count). The highest BCUT2D eigenvalue weighted by atomic mass is 32.2. The van der Waals surface area contributed by atoms with Crippen molar-refractivity contribution in [1.82, 2.24) is 4.98 Å². The predicted octanol–water partition coefficient (Wildman–Crippen LogP) is 6.51. The third-order valence-corrected chi connectivity index (χ3v) is 7.88. The Morgan fingerprint density at radius 1 is 1.19 bits per heavy atom. The van der Waals surface area contributed by atoms with E-state index < -0.39 is 5.97 Å². The number of pyridine rings is 1. The normalized spacial score (nSPS) is 17.7. The predicted molar refractivity (Wildman–Crippen MR) is 146 cm³/mol. The van der Waals surface area contributed by atoms with Gasteiger partial charge in [-0.1, -0.05) is 18.2 Å². The molecular weight excluding hydrogens is 486 g/mol. The van der Waals surface area contributed by atoms with Gasteiger partial charge in [-0.2, -0.15) is 11.8 Å². The zero-order chi connectivity index (χ0) is 25.9. The lowest BCUT2D eigenvalue weighted by Crippen LogP contribution is -2.07. The fraction of sp³-hybridized carbons (Fsp3) is 0.400. The van der Waals surface area contributed by atoms with E-state index in [1.54, 1.807) is 12.3 Å². The van der Waals surface area contributed by atoms with Crippen LogP contribution in [0.5, 0.6) is 17.4 Å². The number of carbonyl (C=O) groups is 1. The summed E-state index contributed by atoms with van der Waals surface area (Å²) in [5, 5.41) is 9.13. The second kappa shape index (κ2) is 11.1. The van der Waals surface area contributed by atoms with Gasteiger partial charge < -0.3 is 19.3 Å². The average Bonchev–Trinajstić information content (AvgIpc) is 3.45. The summed E-state index contributed by atoms with van der Waals surface area (Å²) in [5.41, 5.74) is 8.31. The molecular formula is C30H33NO5S. The van der Waals surface area contributed by atoms with Crippen LogP contribution < -0.4 is 14.2 Å². The van der Waals surface area contributed by atoms with Gasteiger partial charge in [-0.05, 0) is 90.6 Å². The molecule has 0 saturated carbocycles. The first-order chi connectivity index (χ1) is 17.9. The minimum Gasteiger partial charge on any atom is -0.494 e. The van der Waals surface area contributed by atoms with Gasteiger partial charge in [0.2, 0.25) is 5.88 Å². The molecule has 0 radical (unpaired) electrons. The van der Waals surface area contributed by atoms with E-state index >= 15 is 0 Å². The number of aryl methyl sites for hydroxylation is 2. The lowest BCUT2D eigenvalue weighted by molar-refractivity contribution is -0.137. The van der Waals surface area contributed by atoms with Gasteiger partial charge in [0, 0.05) is 23.7 Å². The Kier molecular flexibility index (Phi) is 7.60. The molecule has 0 spiro atoms. The van der Waals surface area contributed by atoms with E-state index in [4.69, 9.17) is 19.3 Å². The first kappa shape index (κ1) is 25.5. The summed E-state index contributed by atoms with van der Waals surface area (Å²) in [5.74, 6) is 2.22. The van der Waals surface area contributed by atoms with E-state index in [1.165, 1.54) is 33.4 Å². The molecule has 37 heavy (non-hydrogen) atoms. The Morgan fingerprint density at radius 2 is 2.00 bits per heavy atom. The second-order valence-electron chi connectivity index (χ2n) is 9.81. The summed E-state index contributed by atoms with van der Waals surface area (Å²) in [6.07, 6.45) is 6.63. The number of aromatic nitrogens is 1. The van der Waals surface area contributed by atoms with Crippen molar-refractivity contribution in [3.05, 3.63) is 70.4 Å². The maximum Gasteiger partial charge on any atom is 0.304 e.